The number of fused-ring (bicyclic) bond motifs is 1. The Labute approximate surface area is 161 Å². The molecule has 2 heterocycles. The molecular weight excluding hydrogens is 368 g/mol. The quantitative estimate of drug-likeness (QED) is 0.701. The molecule has 0 aliphatic heterocycles. The molecule has 1 aromatic carbocycles. The molecule has 0 saturated carbocycles. The minimum Gasteiger partial charge on any atom is -0.408 e. The summed E-state index contributed by atoms with van der Waals surface area (Å²) in [4.78, 5) is 24.2. The minimum absolute atomic E-state index is 0.0426. The molecule has 1 atom stereocenters. The van der Waals surface area contributed by atoms with Crippen LogP contribution >= 0.6 is 11.6 Å². The van der Waals surface area contributed by atoms with E-state index in [-0.39, 0.29) is 24.9 Å². The van der Waals surface area contributed by atoms with E-state index < -0.39 is 5.76 Å². The summed E-state index contributed by atoms with van der Waals surface area (Å²) in [5.41, 5.74) is 4.31. The number of nitrogens with zero attached hydrogens (tertiary/aromatic N) is 3. The molecule has 1 N–H and O–H groups in total. The third kappa shape index (κ3) is 3.93. The first kappa shape index (κ1) is 19.2. The Morgan fingerprint density at radius 1 is 1.33 bits per heavy atom. The first-order chi connectivity index (χ1) is 12.8. The zero-order valence-corrected chi connectivity index (χ0v) is 16.6. The summed E-state index contributed by atoms with van der Waals surface area (Å²) in [7, 11) is 0. The molecule has 7 nitrogen and oxygen atoms in total. The van der Waals surface area contributed by atoms with Crippen molar-refractivity contribution in [2.75, 3.05) is 6.54 Å². The van der Waals surface area contributed by atoms with Crippen LogP contribution in [0.15, 0.2) is 27.4 Å². The van der Waals surface area contributed by atoms with Crippen LogP contribution in [0.2, 0.25) is 5.02 Å². The molecule has 0 saturated heterocycles. The average molecular weight is 391 g/mol. The maximum atomic E-state index is 12.2. The summed E-state index contributed by atoms with van der Waals surface area (Å²) in [5, 5.41) is 7.93. The molecule has 0 unspecified atom stereocenters. The predicted molar refractivity (Wildman–Crippen MR) is 104 cm³/mol. The molecule has 1 amide bonds. The van der Waals surface area contributed by atoms with Gasteiger partial charge >= 0.3 is 5.76 Å². The fourth-order valence-corrected chi connectivity index (χ4v) is 3.24. The molecule has 0 radical (unpaired) electrons. The highest BCUT2D eigenvalue weighted by Gasteiger charge is 2.15. The van der Waals surface area contributed by atoms with E-state index in [9.17, 15) is 9.59 Å². The third-order valence-electron chi connectivity index (χ3n) is 4.89. The topological polar surface area (TPSA) is 82.1 Å². The number of carbonyl (C=O) groups excluding carboxylic acids is 1. The van der Waals surface area contributed by atoms with Crippen molar-refractivity contribution in [3.05, 3.63) is 50.7 Å². The van der Waals surface area contributed by atoms with E-state index in [1.54, 1.807) is 18.2 Å². The van der Waals surface area contributed by atoms with Crippen molar-refractivity contribution in [2.45, 2.75) is 46.7 Å². The SMILES string of the molecule is Cc1nn([C@H](C)CNC(=O)CCn2c(=O)oc3cc(Cl)ccc32)c(C)c1C. The van der Waals surface area contributed by atoms with Crippen LogP contribution < -0.4 is 11.1 Å². The molecule has 0 spiro atoms. The van der Waals surface area contributed by atoms with Gasteiger partial charge < -0.3 is 9.73 Å². The summed E-state index contributed by atoms with van der Waals surface area (Å²) < 4.78 is 8.55. The van der Waals surface area contributed by atoms with Crippen LogP contribution in [0.4, 0.5) is 0 Å². The highest BCUT2D eigenvalue weighted by molar-refractivity contribution is 6.31. The first-order valence-corrected chi connectivity index (χ1v) is 9.23. The molecule has 0 bridgehead atoms. The summed E-state index contributed by atoms with van der Waals surface area (Å²) >= 11 is 5.91. The lowest BCUT2D eigenvalue weighted by Gasteiger charge is -2.15. The number of hydrogen-bond donors (Lipinski definition) is 1. The van der Waals surface area contributed by atoms with Crippen LogP contribution in [0.3, 0.4) is 0 Å². The number of rotatable bonds is 6. The Balaban J connectivity index is 1.59. The van der Waals surface area contributed by atoms with Crippen molar-refractivity contribution in [3.8, 4) is 0 Å². The number of oxazole rings is 1. The van der Waals surface area contributed by atoms with E-state index in [1.807, 2.05) is 32.4 Å². The molecule has 3 rings (SSSR count). The average Bonchev–Trinajstić information content (AvgIpc) is 3.07. The molecule has 0 aliphatic carbocycles. The van der Waals surface area contributed by atoms with E-state index in [0.29, 0.717) is 22.7 Å². The maximum Gasteiger partial charge on any atom is 0.419 e. The number of amides is 1. The third-order valence-corrected chi connectivity index (χ3v) is 5.13. The number of hydrogen-bond acceptors (Lipinski definition) is 4. The van der Waals surface area contributed by atoms with E-state index in [1.165, 1.54) is 10.1 Å². The molecule has 8 heteroatoms. The molecule has 2 aromatic heterocycles. The van der Waals surface area contributed by atoms with Crippen LogP contribution in [-0.4, -0.2) is 26.8 Å². The number of benzene rings is 1. The second kappa shape index (κ2) is 7.60. The number of aryl methyl sites for hydroxylation is 2. The second-order valence-corrected chi connectivity index (χ2v) is 7.21. The van der Waals surface area contributed by atoms with Gasteiger partial charge in [0.25, 0.3) is 0 Å². The summed E-state index contributed by atoms with van der Waals surface area (Å²) in [6, 6.07) is 5.04. The van der Waals surface area contributed by atoms with Gasteiger partial charge in [-0.1, -0.05) is 11.6 Å². The fourth-order valence-electron chi connectivity index (χ4n) is 3.08. The number of halogens is 1. The summed E-state index contributed by atoms with van der Waals surface area (Å²) in [5.74, 6) is -0.623. The second-order valence-electron chi connectivity index (χ2n) is 6.78. The van der Waals surface area contributed by atoms with Crippen molar-refractivity contribution >= 4 is 28.6 Å². The largest absolute Gasteiger partial charge is 0.419 e. The van der Waals surface area contributed by atoms with Crippen LogP contribution in [0.1, 0.15) is 36.3 Å². The normalized spacial score (nSPS) is 12.5. The highest BCUT2D eigenvalue weighted by atomic mass is 35.5. The zero-order valence-electron chi connectivity index (χ0n) is 15.9. The summed E-state index contributed by atoms with van der Waals surface area (Å²) in [6.45, 7) is 8.76. The van der Waals surface area contributed by atoms with E-state index in [2.05, 4.69) is 10.4 Å². The molecule has 3 aromatic rings. The van der Waals surface area contributed by atoms with E-state index >= 15 is 0 Å². The van der Waals surface area contributed by atoms with Crippen LogP contribution in [-0.2, 0) is 11.3 Å². The standard InChI is InChI=1S/C19H23ClN4O3/c1-11(24-14(4)12(2)13(3)22-24)10-21-18(25)7-8-23-16-6-5-15(20)9-17(16)27-19(23)26/h5-6,9,11H,7-8,10H2,1-4H3,(H,21,25)/t11-/m1/s1. The highest BCUT2D eigenvalue weighted by Crippen LogP contribution is 2.19. The number of nitrogens with one attached hydrogen (secondary N) is 1. The van der Waals surface area contributed by atoms with Crippen LogP contribution in [0.5, 0.6) is 0 Å². The Morgan fingerprint density at radius 2 is 2.07 bits per heavy atom. The van der Waals surface area contributed by atoms with Crippen LogP contribution in [0.25, 0.3) is 11.1 Å². The van der Waals surface area contributed by atoms with Crippen molar-refractivity contribution in [1.82, 2.24) is 19.7 Å². The smallest absolute Gasteiger partial charge is 0.408 e. The van der Waals surface area contributed by atoms with Crippen LogP contribution in [0, 0.1) is 20.8 Å². The Kier molecular flexibility index (Phi) is 5.41. The Hall–Kier alpha value is -2.54. The predicted octanol–water partition coefficient (Wildman–Crippen LogP) is 3.14. The lowest BCUT2D eigenvalue weighted by Crippen LogP contribution is -2.31. The van der Waals surface area contributed by atoms with Gasteiger partial charge in [-0.15, -0.1) is 0 Å². The number of aromatic nitrogens is 3. The van der Waals surface area contributed by atoms with Crippen molar-refractivity contribution < 1.29 is 9.21 Å². The van der Waals surface area contributed by atoms with Gasteiger partial charge in [-0.2, -0.15) is 5.10 Å². The van der Waals surface area contributed by atoms with Gasteiger partial charge in [0.05, 0.1) is 17.3 Å². The van der Waals surface area contributed by atoms with Gasteiger partial charge in [0.15, 0.2) is 5.58 Å². The van der Waals surface area contributed by atoms with Gasteiger partial charge in [-0.05, 0) is 45.4 Å². The molecule has 0 aliphatic rings. The monoisotopic (exact) mass is 390 g/mol. The van der Waals surface area contributed by atoms with Gasteiger partial charge in [-0.3, -0.25) is 14.0 Å². The molecule has 144 valence electrons. The lowest BCUT2D eigenvalue weighted by molar-refractivity contribution is -0.121. The molecular formula is C19H23ClN4O3. The molecule has 27 heavy (non-hydrogen) atoms. The number of carbonyl (C=O) groups is 1. The van der Waals surface area contributed by atoms with Gasteiger partial charge in [0.2, 0.25) is 5.91 Å². The van der Waals surface area contributed by atoms with E-state index in [0.717, 1.165) is 11.4 Å². The minimum atomic E-state index is -0.494. The van der Waals surface area contributed by atoms with Gasteiger partial charge in [-0.25, -0.2) is 4.79 Å². The zero-order chi connectivity index (χ0) is 19.7. The van der Waals surface area contributed by atoms with Gasteiger partial charge in [0.1, 0.15) is 0 Å². The maximum absolute atomic E-state index is 12.2. The molecule has 0 fully saturated rings. The van der Waals surface area contributed by atoms with Crippen molar-refractivity contribution in [3.63, 3.8) is 0 Å². The van der Waals surface area contributed by atoms with Crippen molar-refractivity contribution in [2.24, 2.45) is 0 Å². The Bertz CT molecular complexity index is 1050. The van der Waals surface area contributed by atoms with Gasteiger partial charge in [0, 0.05) is 36.3 Å². The fraction of sp³-hybridized carbons (Fsp3) is 0.421. The lowest BCUT2D eigenvalue weighted by atomic mass is 10.2. The van der Waals surface area contributed by atoms with E-state index in [4.69, 9.17) is 16.0 Å². The first-order valence-electron chi connectivity index (χ1n) is 8.86. The van der Waals surface area contributed by atoms with Crippen molar-refractivity contribution in [1.29, 1.82) is 0 Å². The summed E-state index contributed by atoms with van der Waals surface area (Å²) in [6.07, 6.45) is 0.181. The Morgan fingerprint density at radius 3 is 2.74 bits per heavy atom.